The first-order valence-corrected chi connectivity index (χ1v) is 6.41. The molecule has 0 radical (unpaired) electrons. The minimum atomic E-state index is 0.559. The lowest BCUT2D eigenvalue weighted by Crippen LogP contribution is -2.04. The SMILES string of the molecule is CC(C)CCc1ccc(CCC=O)c(CN)c1. The van der Waals surface area contributed by atoms with Crippen LogP contribution >= 0.6 is 0 Å². The monoisotopic (exact) mass is 233 g/mol. The second kappa shape index (κ2) is 7.23. The molecule has 94 valence electrons. The van der Waals surface area contributed by atoms with E-state index < -0.39 is 0 Å². The Hall–Kier alpha value is -1.15. The van der Waals surface area contributed by atoms with Gasteiger partial charge < -0.3 is 10.5 Å². The highest BCUT2D eigenvalue weighted by molar-refractivity contribution is 5.50. The van der Waals surface area contributed by atoms with Crippen LogP contribution in [0.5, 0.6) is 0 Å². The Morgan fingerprint density at radius 3 is 2.59 bits per heavy atom. The molecule has 0 aliphatic rings. The second-order valence-electron chi connectivity index (χ2n) is 4.95. The molecular weight excluding hydrogens is 210 g/mol. The molecule has 1 aromatic carbocycles. The molecule has 0 bridgehead atoms. The van der Waals surface area contributed by atoms with Crippen molar-refractivity contribution in [3.8, 4) is 0 Å². The first-order chi connectivity index (χ1) is 8.17. The highest BCUT2D eigenvalue weighted by Gasteiger charge is 2.03. The van der Waals surface area contributed by atoms with Crippen molar-refractivity contribution in [2.24, 2.45) is 11.7 Å². The van der Waals surface area contributed by atoms with Crippen molar-refractivity contribution in [3.05, 3.63) is 34.9 Å². The number of benzene rings is 1. The smallest absolute Gasteiger partial charge is 0.120 e. The Kier molecular flexibility index (Phi) is 5.92. The van der Waals surface area contributed by atoms with Crippen LogP contribution < -0.4 is 5.73 Å². The summed E-state index contributed by atoms with van der Waals surface area (Å²) < 4.78 is 0. The lowest BCUT2D eigenvalue weighted by atomic mass is 9.96. The standard InChI is InChI=1S/C15H23NO/c1-12(2)5-6-13-7-8-14(4-3-9-17)15(10-13)11-16/h7-10,12H,3-6,11,16H2,1-2H3. The number of carbonyl (C=O) groups is 1. The largest absolute Gasteiger partial charge is 0.326 e. The predicted molar refractivity (Wildman–Crippen MR) is 71.9 cm³/mol. The number of aryl methyl sites for hydroxylation is 2. The van der Waals surface area contributed by atoms with Crippen molar-refractivity contribution in [1.82, 2.24) is 0 Å². The van der Waals surface area contributed by atoms with Gasteiger partial charge in [0.05, 0.1) is 0 Å². The zero-order chi connectivity index (χ0) is 12.7. The number of nitrogens with two attached hydrogens (primary N) is 1. The van der Waals surface area contributed by atoms with Crippen LogP contribution in [0.3, 0.4) is 0 Å². The molecule has 2 N–H and O–H groups in total. The van der Waals surface area contributed by atoms with Crippen molar-refractivity contribution in [2.75, 3.05) is 0 Å². The molecule has 1 aromatic rings. The number of hydrogen-bond donors (Lipinski definition) is 1. The van der Waals surface area contributed by atoms with Gasteiger partial charge in [0.15, 0.2) is 0 Å². The summed E-state index contributed by atoms with van der Waals surface area (Å²) in [4.78, 5) is 10.4. The molecule has 0 saturated carbocycles. The zero-order valence-corrected chi connectivity index (χ0v) is 10.9. The summed E-state index contributed by atoms with van der Waals surface area (Å²) in [5, 5.41) is 0. The van der Waals surface area contributed by atoms with Gasteiger partial charge in [-0.25, -0.2) is 0 Å². The number of aldehydes is 1. The molecular formula is C15H23NO. The molecule has 0 saturated heterocycles. The Bertz CT molecular complexity index is 358. The molecule has 0 aliphatic carbocycles. The van der Waals surface area contributed by atoms with Gasteiger partial charge in [-0.15, -0.1) is 0 Å². The van der Waals surface area contributed by atoms with Gasteiger partial charge in [0, 0.05) is 13.0 Å². The highest BCUT2D eigenvalue weighted by Crippen LogP contribution is 2.16. The number of carbonyl (C=O) groups excluding carboxylic acids is 1. The Labute approximate surface area is 104 Å². The molecule has 17 heavy (non-hydrogen) atoms. The van der Waals surface area contributed by atoms with Crippen LogP contribution in [-0.2, 0) is 24.2 Å². The van der Waals surface area contributed by atoms with Crippen LogP contribution in [0.15, 0.2) is 18.2 Å². The van der Waals surface area contributed by atoms with Gasteiger partial charge in [-0.1, -0.05) is 32.0 Å². The average Bonchev–Trinajstić information content (AvgIpc) is 2.34. The maximum atomic E-state index is 10.4. The lowest BCUT2D eigenvalue weighted by molar-refractivity contribution is -0.107. The van der Waals surface area contributed by atoms with E-state index in [0.717, 1.165) is 25.0 Å². The van der Waals surface area contributed by atoms with Crippen LogP contribution in [0.1, 0.15) is 43.4 Å². The van der Waals surface area contributed by atoms with Crippen molar-refractivity contribution in [1.29, 1.82) is 0 Å². The third-order valence-corrected chi connectivity index (χ3v) is 3.03. The van der Waals surface area contributed by atoms with E-state index in [-0.39, 0.29) is 0 Å². The van der Waals surface area contributed by atoms with Gasteiger partial charge >= 0.3 is 0 Å². The molecule has 0 unspecified atom stereocenters. The summed E-state index contributed by atoms with van der Waals surface area (Å²) >= 11 is 0. The van der Waals surface area contributed by atoms with E-state index in [9.17, 15) is 4.79 Å². The Morgan fingerprint density at radius 2 is 2.00 bits per heavy atom. The molecule has 0 fully saturated rings. The minimum Gasteiger partial charge on any atom is -0.326 e. The van der Waals surface area contributed by atoms with Gasteiger partial charge in [0.2, 0.25) is 0 Å². The predicted octanol–water partition coefficient (Wildman–Crippen LogP) is 2.87. The number of rotatable bonds is 7. The summed E-state index contributed by atoms with van der Waals surface area (Å²) in [7, 11) is 0. The van der Waals surface area contributed by atoms with E-state index in [1.54, 1.807) is 0 Å². The first kappa shape index (κ1) is 13.9. The second-order valence-corrected chi connectivity index (χ2v) is 4.95. The first-order valence-electron chi connectivity index (χ1n) is 6.41. The third kappa shape index (κ3) is 4.70. The van der Waals surface area contributed by atoms with Gasteiger partial charge in [0.25, 0.3) is 0 Å². The fourth-order valence-corrected chi connectivity index (χ4v) is 1.94. The summed E-state index contributed by atoms with van der Waals surface area (Å²) in [6.45, 7) is 5.04. The molecule has 0 spiro atoms. The summed E-state index contributed by atoms with van der Waals surface area (Å²) in [6, 6.07) is 6.49. The molecule has 0 aromatic heterocycles. The normalized spacial score (nSPS) is 10.8. The van der Waals surface area contributed by atoms with E-state index in [1.165, 1.54) is 23.1 Å². The van der Waals surface area contributed by atoms with Gasteiger partial charge in [-0.2, -0.15) is 0 Å². The van der Waals surface area contributed by atoms with E-state index in [2.05, 4.69) is 32.0 Å². The summed E-state index contributed by atoms with van der Waals surface area (Å²) in [5.74, 6) is 0.728. The Morgan fingerprint density at radius 1 is 1.24 bits per heavy atom. The fraction of sp³-hybridized carbons (Fsp3) is 0.533. The fourth-order valence-electron chi connectivity index (χ4n) is 1.94. The molecule has 0 amide bonds. The van der Waals surface area contributed by atoms with E-state index >= 15 is 0 Å². The summed E-state index contributed by atoms with van der Waals surface area (Å²) in [6.07, 6.45) is 4.67. The highest BCUT2D eigenvalue weighted by atomic mass is 16.1. The third-order valence-electron chi connectivity index (χ3n) is 3.03. The zero-order valence-electron chi connectivity index (χ0n) is 10.9. The van der Waals surface area contributed by atoms with E-state index in [4.69, 9.17) is 5.73 Å². The quantitative estimate of drug-likeness (QED) is 0.736. The van der Waals surface area contributed by atoms with Crippen molar-refractivity contribution >= 4 is 6.29 Å². The molecule has 0 atom stereocenters. The van der Waals surface area contributed by atoms with Crippen molar-refractivity contribution < 1.29 is 4.79 Å². The Balaban J connectivity index is 2.73. The van der Waals surface area contributed by atoms with Crippen LogP contribution in [0.4, 0.5) is 0 Å². The molecule has 2 nitrogen and oxygen atoms in total. The molecule has 0 heterocycles. The summed E-state index contributed by atoms with van der Waals surface area (Å²) in [5.41, 5.74) is 9.52. The van der Waals surface area contributed by atoms with Crippen LogP contribution in [0, 0.1) is 5.92 Å². The van der Waals surface area contributed by atoms with Crippen LogP contribution in [0.25, 0.3) is 0 Å². The van der Waals surface area contributed by atoms with Gasteiger partial charge in [-0.3, -0.25) is 0 Å². The molecule has 0 aliphatic heterocycles. The van der Waals surface area contributed by atoms with Crippen LogP contribution in [0.2, 0.25) is 0 Å². The number of hydrogen-bond acceptors (Lipinski definition) is 2. The van der Waals surface area contributed by atoms with Crippen molar-refractivity contribution in [3.63, 3.8) is 0 Å². The van der Waals surface area contributed by atoms with E-state index in [1.807, 2.05) is 0 Å². The minimum absolute atomic E-state index is 0.559. The molecule has 1 rings (SSSR count). The van der Waals surface area contributed by atoms with Crippen LogP contribution in [-0.4, -0.2) is 6.29 Å². The lowest BCUT2D eigenvalue weighted by Gasteiger charge is -2.10. The maximum absolute atomic E-state index is 10.4. The maximum Gasteiger partial charge on any atom is 0.120 e. The van der Waals surface area contributed by atoms with Gasteiger partial charge in [0.1, 0.15) is 6.29 Å². The average molecular weight is 233 g/mol. The molecule has 2 heteroatoms. The topological polar surface area (TPSA) is 43.1 Å². The van der Waals surface area contributed by atoms with Gasteiger partial charge in [-0.05, 0) is 41.9 Å². The van der Waals surface area contributed by atoms with Crippen molar-refractivity contribution in [2.45, 2.75) is 46.1 Å². The van der Waals surface area contributed by atoms with E-state index in [0.29, 0.717) is 13.0 Å².